The molecule has 1 amide bonds. The van der Waals surface area contributed by atoms with E-state index in [1.807, 2.05) is 20.8 Å². The summed E-state index contributed by atoms with van der Waals surface area (Å²) in [6.07, 6.45) is 0.969. The summed E-state index contributed by atoms with van der Waals surface area (Å²) >= 11 is 0. The van der Waals surface area contributed by atoms with E-state index in [1.165, 1.54) is 0 Å². The zero-order valence-corrected chi connectivity index (χ0v) is 17.1. The Labute approximate surface area is 153 Å². The molecule has 0 rings (SSSR count). The third-order valence-electron chi connectivity index (χ3n) is 3.35. The number of hydrogen-bond acceptors (Lipinski definition) is 6. The molecule has 0 aliphatic carbocycles. The van der Waals surface area contributed by atoms with Crippen molar-refractivity contribution in [2.24, 2.45) is 5.92 Å². The van der Waals surface area contributed by atoms with E-state index in [2.05, 4.69) is 19.2 Å². The summed E-state index contributed by atoms with van der Waals surface area (Å²) in [5.41, 5.74) is -0.761. The number of amides is 1. The lowest BCUT2D eigenvalue weighted by atomic mass is 10.0. The fourth-order valence-corrected chi connectivity index (χ4v) is 1.93. The third kappa shape index (κ3) is 13.2. The second kappa shape index (κ2) is 13.5. The molecular formula is C18H38N2O5. The van der Waals surface area contributed by atoms with Gasteiger partial charge in [0.15, 0.2) is 0 Å². The molecule has 7 nitrogen and oxygen atoms in total. The van der Waals surface area contributed by atoms with Crippen molar-refractivity contribution in [2.75, 3.05) is 53.7 Å². The number of nitrogens with zero attached hydrogens (tertiary/aromatic N) is 1. The fraction of sp³-hybridized carbons (Fsp3) is 0.944. The van der Waals surface area contributed by atoms with Crippen molar-refractivity contribution in [1.82, 2.24) is 10.4 Å². The molecule has 0 saturated heterocycles. The molecule has 1 unspecified atom stereocenters. The van der Waals surface area contributed by atoms with Crippen LogP contribution in [0, 0.1) is 5.92 Å². The van der Waals surface area contributed by atoms with Gasteiger partial charge in [0.05, 0.1) is 25.9 Å². The molecule has 0 radical (unpaired) electrons. The highest BCUT2D eigenvalue weighted by Gasteiger charge is 2.34. The Morgan fingerprint density at radius 2 is 1.76 bits per heavy atom. The first kappa shape index (κ1) is 24.3. The number of carbonyl (C=O) groups is 1. The molecule has 0 aromatic rings. The highest BCUT2D eigenvalue weighted by Crippen LogP contribution is 2.11. The number of rotatable bonds is 15. The first-order chi connectivity index (χ1) is 11.7. The number of hydroxylamine groups is 2. The van der Waals surface area contributed by atoms with Gasteiger partial charge in [-0.05, 0) is 33.1 Å². The van der Waals surface area contributed by atoms with Crippen molar-refractivity contribution in [3.05, 3.63) is 0 Å². The van der Waals surface area contributed by atoms with E-state index in [9.17, 15) is 4.79 Å². The lowest BCUT2D eigenvalue weighted by Gasteiger charge is -2.35. The van der Waals surface area contributed by atoms with Crippen LogP contribution in [0.15, 0.2) is 0 Å². The van der Waals surface area contributed by atoms with Crippen molar-refractivity contribution >= 4 is 5.91 Å². The van der Waals surface area contributed by atoms with E-state index in [-0.39, 0.29) is 25.2 Å². The van der Waals surface area contributed by atoms with Crippen molar-refractivity contribution in [1.29, 1.82) is 0 Å². The van der Waals surface area contributed by atoms with Crippen molar-refractivity contribution in [3.63, 3.8) is 0 Å². The van der Waals surface area contributed by atoms with Crippen molar-refractivity contribution in [2.45, 2.75) is 52.7 Å². The van der Waals surface area contributed by atoms with Gasteiger partial charge in [-0.2, -0.15) is 5.06 Å². The number of nitrogens with one attached hydrogen (secondary N) is 1. The van der Waals surface area contributed by atoms with Crippen LogP contribution < -0.4 is 5.32 Å². The predicted molar refractivity (Wildman–Crippen MR) is 98.4 cm³/mol. The van der Waals surface area contributed by atoms with Gasteiger partial charge in [0.2, 0.25) is 5.91 Å². The van der Waals surface area contributed by atoms with Crippen molar-refractivity contribution < 1.29 is 23.8 Å². The smallest absolute Gasteiger partial charge is 0.246 e. The molecule has 7 heteroatoms. The third-order valence-corrected chi connectivity index (χ3v) is 3.35. The molecule has 0 saturated carbocycles. The van der Waals surface area contributed by atoms with Gasteiger partial charge >= 0.3 is 0 Å². The van der Waals surface area contributed by atoms with E-state index in [4.69, 9.17) is 19.0 Å². The average Bonchev–Trinajstić information content (AvgIpc) is 2.52. The lowest BCUT2D eigenvalue weighted by molar-refractivity contribution is -0.165. The zero-order valence-electron chi connectivity index (χ0n) is 17.1. The van der Waals surface area contributed by atoms with E-state index < -0.39 is 5.54 Å². The Kier molecular flexibility index (Phi) is 13.1. The topological polar surface area (TPSA) is 69.3 Å². The number of carbonyl (C=O) groups excluding carboxylic acids is 1. The summed E-state index contributed by atoms with van der Waals surface area (Å²) in [4.78, 5) is 18.0. The van der Waals surface area contributed by atoms with Crippen LogP contribution in [0.25, 0.3) is 0 Å². The first-order valence-corrected chi connectivity index (χ1v) is 9.09. The first-order valence-electron chi connectivity index (χ1n) is 9.09. The molecule has 0 aliphatic heterocycles. The number of hydrogen-bond donors (Lipinski definition) is 1. The van der Waals surface area contributed by atoms with Crippen LogP contribution in [0.5, 0.6) is 0 Å². The van der Waals surface area contributed by atoms with Crippen LogP contribution in [0.3, 0.4) is 0 Å². The summed E-state index contributed by atoms with van der Waals surface area (Å²) < 4.78 is 16.8. The standard InChI is InChI=1S/C18H38N2O5/c1-8-22-12-18(13-24-16(4)5,14-25-20(6)7)19-17(21)11-23-10-9-15(2)3/h15-16H,8-14H2,1-7H3,(H,19,21). The van der Waals surface area contributed by atoms with E-state index in [0.29, 0.717) is 32.3 Å². The Morgan fingerprint density at radius 1 is 1.08 bits per heavy atom. The van der Waals surface area contributed by atoms with Gasteiger partial charge in [0.25, 0.3) is 0 Å². The van der Waals surface area contributed by atoms with Crippen LogP contribution >= 0.6 is 0 Å². The molecule has 0 aromatic heterocycles. The SMILES string of the molecule is CCOCC(COC(C)C)(CON(C)C)NC(=O)COCCC(C)C. The molecule has 150 valence electrons. The monoisotopic (exact) mass is 362 g/mol. The molecule has 0 aromatic carbocycles. The van der Waals surface area contributed by atoms with E-state index in [1.54, 1.807) is 19.2 Å². The molecule has 0 fully saturated rings. The molecular weight excluding hydrogens is 324 g/mol. The minimum atomic E-state index is -0.761. The maximum absolute atomic E-state index is 12.3. The quantitative estimate of drug-likeness (QED) is 0.354. The van der Waals surface area contributed by atoms with Gasteiger partial charge in [0.1, 0.15) is 12.1 Å². The second-order valence-electron chi connectivity index (χ2n) is 7.15. The van der Waals surface area contributed by atoms with E-state index >= 15 is 0 Å². The zero-order chi connectivity index (χ0) is 19.3. The Morgan fingerprint density at radius 3 is 2.28 bits per heavy atom. The van der Waals surface area contributed by atoms with Crippen molar-refractivity contribution in [3.8, 4) is 0 Å². The average molecular weight is 363 g/mol. The molecule has 0 bridgehead atoms. The summed E-state index contributed by atoms with van der Waals surface area (Å²) in [5.74, 6) is 0.353. The highest BCUT2D eigenvalue weighted by molar-refractivity contribution is 5.78. The molecule has 0 heterocycles. The van der Waals surface area contributed by atoms with Gasteiger partial charge in [-0.15, -0.1) is 0 Å². The largest absolute Gasteiger partial charge is 0.379 e. The predicted octanol–water partition coefficient (Wildman–Crippen LogP) is 1.86. The van der Waals surface area contributed by atoms with Crippen LogP contribution in [-0.2, 0) is 23.8 Å². The summed E-state index contributed by atoms with van der Waals surface area (Å²) in [7, 11) is 3.59. The van der Waals surface area contributed by atoms with Crippen LogP contribution in [0.2, 0.25) is 0 Å². The second-order valence-corrected chi connectivity index (χ2v) is 7.15. The van der Waals surface area contributed by atoms with Crippen LogP contribution in [-0.4, -0.2) is 76.3 Å². The summed E-state index contributed by atoms with van der Waals surface area (Å²) in [6.45, 7) is 12.1. The van der Waals surface area contributed by atoms with Crippen LogP contribution in [0.1, 0.15) is 41.0 Å². The van der Waals surface area contributed by atoms with Gasteiger partial charge in [-0.1, -0.05) is 13.8 Å². The van der Waals surface area contributed by atoms with Gasteiger partial charge in [0, 0.05) is 27.3 Å². The minimum Gasteiger partial charge on any atom is -0.379 e. The lowest BCUT2D eigenvalue weighted by Crippen LogP contribution is -2.60. The van der Waals surface area contributed by atoms with E-state index in [0.717, 1.165) is 6.42 Å². The molecule has 1 atom stereocenters. The molecule has 0 aliphatic rings. The fourth-order valence-electron chi connectivity index (χ4n) is 1.93. The maximum atomic E-state index is 12.3. The molecule has 0 spiro atoms. The Hall–Kier alpha value is -0.730. The summed E-state index contributed by atoms with van der Waals surface area (Å²) in [6, 6.07) is 0. The molecule has 1 N–H and O–H groups in total. The normalized spacial score (nSPS) is 14.3. The Balaban J connectivity index is 4.81. The minimum absolute atomic E-state index is 0.0181. The Bertz CT molecular complexity index is 336. The van der Waals surface area contributed by atoms with Gasteiger partial charge in [-0.3, -0.25) is 9.63 Å². The van der Waals surface area contributed by atoms with Gasteiger partial charge in [-0.25, -0.2) is 0 Å². The maximum Gasteiger partial charge on any atom is 0.246 e. The van der Waals surface area contributed by atoms with Crippen LogP contribution in [0.4, 0.5) is 0 Å². The number of ether oxygens (including phenoxy) is 3. The summed E-state index contributed by atoms with van der Waals surface area (Å²) in [5, 5.41) is 4.60. The van der Waals surface area contributed by atoms with Gasteiger partial charge < -0.3 is 19.5 Å². The highest BCUT2D eigenvalue weighted by atomic mass is 16.7. The molecule has 25 heavy (non-hydrogen) atoms.